The first-order valence-electron chi connectivity index (χ1n) is 7.79. The summed E-state index contributed by atoms with van der Waals surface area (Å²) in [5, 5.41) is -2.44. The molecular weight excluding hydrogens is 408 g/mol. The number of halogens is 2. The number of hydrogen-bond acceptors (Lipinski definition) is 9. The molecule has 9 nitrogen and oxygen atoms in total. The smallest absolute Gasteiger partial charge is 0.328 e. The molecule has 5 atom stereocenters. The number of alkyl halides is 2. The summed E-state index contributed by atoms with van der Waals surface area (Å²) >= 11 is 11.5. The quantitative estimate of drug-likeness (QED) is 0.587. The van der Waals surface area contributed by atoms with Crippen molar-refractivity contribution in [1.82, 2.24) is 19.5 Å². The molecule has 0 bridgehead atoms. The maximum Gasteiger partial charge on any atom is 0.328 e. The molecule has 26 heavy (non-hydrogen) atoms. The fraction of sp³-hybridized carbons (Fsp3) is 0.615. The minimum Gasteiger partial charge on any atom is -0.382 e. The van der Waals surface area contributed by atoms with Gasteiger partial charge in [0.25, 0.3) is 5.13 Å². The predicted octanol–water partition coefficient (Wildman–Crippen LogP) is 2.28. The molecule has 0 spiro atoms. The molecule has 142 valence electrons. The van der Waals surface area contributed by atoms with Crippen molar-refractivity contribution in [3.05, 3.63) is 12.7 Å². The van der Waals surface area contributed by atoms with E-state index in [0.717, 1.165) is 0 Å². The van der Waals surface area contributed by atoms with Gasteiger partial charge in [-0.1, -0.05) is 11.6 Å². The number of ether oxygens (including phenoxy) is 1. The molecule has 2 aromatic rings. The van der Waals surface area contributed by atoms with Crippen LogP contribution in [0, 0.1) is 0 Å². The third kappa shape index (κ3) is 2.91. The zero-order valence-corrected chi connectivity index (χ0v) is 16.2. The standard InChI is InChI=1S/C13H16ClFN5O4PS/c1-6(2)23-25(26)21-3-7-9(24-25)13(14,15)12(22-7)20-5-19-8-10(16)17-4-18-11(8)20/h4-7,9,12H,3H2,1-2H3,(H2,16,17,18)/t7-,9-,12-,13-,25?/m1/s1. The van der Waals surface area contributed by atoms with Crippen LogP contribution in [0.2, 0.25) is 0 Å². The number of imidazole rings is 1. The van der Waals surface area contributed by atoms with Crippen molar-refractivity contribution in [1.29, 1.82) is 0 Å². The molecule has 0 amide bonds. The third-order valence-electron chi connectivity index (χ3n) is 3.97. The summed E-state index contributed by atoms with van der Waals surface area (Å²) in [6, 6.07) is 0. The van der Waals surface area contributed by atoms with Crippen LogP contribution in [0.3, 0.4) is 0 Å². The molecule has 2 aromatic heterocycles. The number of anilines is 1. The first-order chi connectivity index (χ1) is 12.2. The van der Waals surface area contributed by atoms with E-state index in [-0.39, 0.29) is 18.5 Å². The summed E-state index contributed by atoms with van der Waals surface area (Å²) in [4.78, 5) is 12.1. The Bertz CT molecular complexity index is 899. The molecule has 1 unspecified atom stereocenters. The molecule has 13 heteroatoms. The molecule has 4 heterocycles. The molecule has 0 saturated carbocycles. The Balaban J connectivity index is 1.68. The number of nitrogens with two attached hydrogens (primary N) is 1. The minimum absolute atomic E-state index is 0.00725. The second-order valence-corrected chi connectivity index (χ2v) is 9.70. The monoisotopic (exact) mass is 423 g/mol. The van der Waals surface area contributed by atoms with Crippen LogP contribution in [-0.4, -0.2) is 49.6 Å². The van der Waals surface area contributed by atoms with Crippen molar-refractivity contribution >= 4 is 47.1 Å². The summed E-state index contributed by atoms with van der Waals surface area (Å²) in [6.07, 6.45) is -0.826. The zero-order chi connectivity index (χ0) is 18.7. The molecule has 0 aromatic carbocycles. The Morgan fingerprint density at radius 1 is 1.50 bits per heavy atom. The second-order valence-electron chi connectivity index (χ2n) is 6.21. The fourth-order valence-corrected chi connectivity index (χ4v) is 5.89. The minimum atomic E-state index is -3.12. The van der Waals surface area contributed by atoms with Crippen LogP contribution in [0.1, 0.15) is 20.1 Å². The lowest BCUT2D eigenvalue weighted by molar-refractivity contribution is -0.0635. The SMILES string of the molecule is CC(C)OP1(=S)OC[C@H]2O[C@@H](n3cnc4c(N)ncnc43)[C@@](F)(Cl)[C@@H]2O1. The molecular formula is C13H16ClFN5O4PS. The number of rotatable bonds is 3. The number of fused-ring (bicyclic) bond motifs is 2. The maximum absolute atomic E-state index is 15.5. The van der Waals surface area contributed by atoms with E-state index in [4.69, 9.17) is 47.4 Å². The number of nitrogen functional groups attached to an aromatic ring is 1. The summed E-state index contributed by atoms with van der Waals surface area (Å²) in [5.74, 6) is 0.170. The molecule has 2 aliphatic heterocycles. The van der Waals surface area contributed by atoms with Crippen molar-refractivity contribution in [2.24, 2.45) is 0 Å². The highest BCUT2D eigenvalue weighted by atomic mass is 35.5. The van der Waals surface area contributed by atoms with Crippen LogP contribution in [0.4, 0.5) is 10.2 Å². The van der Waals surface area contributed by atoms with Gasteiger partial charge in [0, 0.05) is 0 Å². The lowest BCUT2D eigenvalue weighted by Crippen LogP contribution is -2.43. The number of aromatic nitrogens is 4. The largest absolute Gasteiger partial charge is 0.382 e. The van der Waals surface area contributed by atoms with E-state index >= 15 is 4.39 Å². The topological polar surface area (TPSA) is 107 Å². The Morgan fingerprint density at radius 3 is 3.00 bits per heavy atom. The van der Waals surface area contributed by atoms with E-state index in [9.17, 15) is 0 Å². The number of nitrogens with zero attached hydrogens (tertiary/aromatic N) is 4. The maximum atomic E-state index is 15.5. The summed E-state index contributed by atoms with van der Waals surface area (Å²) in [6.45, 7) is 0.454. The average molecular weight is 424 g/mol. The van der Waals surface area contributed by atoms with Gasteiger partial charge in [-0.15, -0.1) is 0 Å². The van der Waals surface area contributed by atoms with Gasteiger partial charge in [-0.05, 0) is 25.7 Å². The second kappa shape index (κ2) is 6.30. The Morgan fingerprint density at radius 2 is 2.27 bits per heavy atom. The third-order valence-corrected chi connectivity index (χ3v) is 6.83. The van der Waals surface area contributed by atoms with Crippen molar-refractivity contribution in [2.45, 2.75) is 43.5 Å². The van der Waals surface area contributed by atoms with Crippen molar-refractivity contribution in [2.75, 3.05) is 12.3 Å². The molecule has 4 rings (SSSR count). The van der Waals surface area contributed by atoms with E-state index in [1.54, 1.807) is 13.8 Å². The van der Waals surface area contributed by atoms with Crippen LogP contribution in [0.15, 0.2) is 12.7 Å². The highest BCUT2D eigenvalue weighted by molar-refractivity contribution is 8.07. The lowest BCUT2D eigenvalue weighted by Gasteiger charge is -2.35. The average Bonchev–Trinajstić information content (AvgIpc) is 3.07. The van der Waals surface area contributed by atoms with Gasteiger partial charge < -0.3 is 19.5 Å². The lowest BCUT2D eigenvalue weighted by atomic mass is 10.1. The summed E-state index contributed by atoms with van der Waals surface area (Å²) < 4.78 is 39.3. The van der Waals surface area contributed by atoms with Crippen molar-refractivity contribution < 1.29 is 22.7 Å². The predicted molar refractivity (Wildman–Crippen MR) is 94.7 cm³/mol. The van der Waals surface area contributed by atoms with E-state index in [2.05, 4.69) is 15.0 Å². The fourth-order valence-electron chi connectivity index (χ4n) is 2.92. The van der Waals surface area contributed by atoms with Gasteiger partial charge in [-0.2, -0.15) is 0 Å². The van der Waals surface area contributed by atoms with E-state index in [1.807, 2.05) is 0 Å². The van der Waals surface area contributed by atoms with Gasteiger partial charge in [0.15, 0.2) is 17.7 Å². The van der Waals surface area contributed by atoms with E-state index in [1.165, 1.54) is 17.2 Å². The number of hydrogen-bond donors (Lipinski definition) is 1. The first kappa shape index (κ1) is 18.4. The highest BCUT2D eigenvalue weighted by Gasteiger charge is 2.62. The van der Waals surface area contributed by atoms with Crippen molar-refractivity contribution in [3.8, 4) is 0 Å². The van der Waals surface area contributed by atoms with Crippen LogP contribution in [0.25, 0.3) is 11.2 Å². The van der Waals surface area contributed by atoms with Crippen LogP contribution < -0.4 is 5.73 Å². The molecule has 2 N–H and O–H groups in total. The first-order valence-corrected chi connectivity index (χ1v) is 10.7. The van der Waals surface area contributed by atoms with Gasteiger partial charge in [0.1, 0.15) is 24.1 Å². The van der Waals surface area contributed by atoms with Gasteiger partial charge in [0.05, 0.1) is 19.0 Å². The molecule has 0 radical (unpaired) electrons. The van der Waals surface area contributed by atoms with E-state index in [0.29, 0.717) is 11.2 Å². The van der Waals surface area contributed by atoms with Crippen LogP contribution >= 0.6 is 18.3 Å². The van der Waals surface area contributed by atoms with Crippen LogP contribution in [-0.2, 0) is 30.1 Å². The van der Waals surface area contributed by atoms with Crippen LogP contribution in [0.5, 0.6) is 0 Å². The Kier molecular flexibility index (Phi) is 4.47. The summed E-state index contributed by atoms with van der Waals surface area (Å²) in [5.41, 5.74) is 6.39. The van der Waals surface area contributed by atoms with Crippen molar-refractivity contribution in [3.63, 3.8) is 0 Å². The van der Waals surface area contributed by atoms with Gasteiger partial charge in [-0.25, -0.2) is 19.3 Å². The molecule has 0 aliphatic carbocycles. The highest BCUT2D eigenvalue weighted by Crippen LogP contribution is 2.61. The molecule has 2 saturated heterocycles. The van der Waals surface area contributed by atoms with E-state index < -0.39 is 30.3 Å². The molecule has 2 fully saturated rings. The van der Waals surface area contributed by atoms with Gasteiger partial charge >= 0.3 is 6.72 Å². The van der Waals surface area contributed by atoms with Gasteiger partial charge in [-0.3, -0.25) is 9.09 Å². The Labute approximate surface area is 158 Å². The summed E-state index contributed by atoms with van der Waals surface area (Å²) in [7, 11) is 0. The van der Waals surface area contributed by atoms with Gasteiger partial charge in [0.2, 0.25) is 0 Å². The Hall–Kier alpha value is -0.940. The molecule has 2 aliphatic rings. The zero-order valence-electron chi connectivity index (χ0n) is 13.8. The normalized spacial score (nSPS) is 37.3.